The molecule has 2 amide bonds. The van der Waals surface area contributed by atoms with Crippen LogP contribution in [0.3, 0.4) is 0 Å². The number of hydrogen-bond acceptors (Lipinski definition) is 5. The maximum atomic E-state index is 12.5. The molecule has 1 saturated heterocycles. The largest absolute Gasteiger partial charge is 0.375 e. The minimum atomic E-state index is -3.29. The zero-order valence-corrected chi connectivity index (χ0v) is 17.3. The van der Waals surface area contributed by atoms with Gasteiger partial charge in [-0.25, -0.2) is 12.7 Å². The number of benzene rings is 1. The maximum absolute atomic E-state index is 12.5. The van der Waals surface area contributed by atoms with Gasteiger partial charge in [0, 0.05) is 32.4 Å². The van der Waals surface area contributed by atoms with Crippen molar-refractivity contribution in [3.05, 3.63) is 29.8 Å². The van der Waals surface area contributed by atoms with E-state index in [4.69, 9.17) is 4.74 Å². The van der Waals surface area contributed by atoms with Crippen LogP contribution in [0, 0.1) is 5.92 Å². The highest BCUT2D eigenvalue weighted by Crippen LogP contribution is 2.20. The molecule has 1 atom stereocenters. The summed E-state index contributed by atoms with van der Waals surface area (Å²) in [5.41, 5.74) is 1.47. The zero-order chi connectivity index (χ0) is 20.6. The number of methoxy groups -OCH3 is 1. The lowest BCUT2D eigenvalue weighted by molar-refractivity contribution is -0.126. The second-order valence-corrected chi connectivity index (χ2v) is 9.00. The molecule has 1 aliphatic rings. The monoisotopic (exact) mass is 411 g/mol. The molecule has 1 aliphatic heterocycles. The van der Waals surface area contributed by atoms with Crippen molar-refractivity contribution >= 4 is 27.5 Å². The van der Waals surface area contributed by atoms with Crippen molar-refractivity contribution in [2.24, 2.45) is 5.92 Å². The Morgan fingerprint density at radius 2 is 2.11 bits per heavy atom. The van der Waals surface area contributed by atoms with E-state index in [1.807, 2.05) is 13.0 Å². The minimum Gasteiger partial charge on any atom is -0.375 e. The van der Waals surface area contributed by atoms with Crippen molar-refractivity contribution in [1.82, 2.24) is 9.62 Å². The quantitative estimate of drug-likeness (QED) is 0.638. The van der Waals surface area contributed by atoms with Crippen LogP contribution in [0.2, 0.25) is 0 Å². The molecule has 1 fully saturated rings. The number of anilines is 1. The Kier molecular flexibility index (Phi) is 8.40. The number of nitrogens with one attached hydrogen (secondary N) is 2. The molecule has 0 spiro atoms. The van der Waals surface area contributed by atoms with Crippen LogP contribution in [0.15, 0.2) is 24.3 Å². The van der Waals surface area contributed by atoms with Crippen molar-refractivity contribution in [2.75, 3.05) is 37.9 Å². The molecule has 0 bridgehead atoms. The average molecular weight is 412 g/mol. The van der Waals surface area contributed by atoms with Crippen LogP contribution in [0.25, 0.3) is 0 Å². The normalized spacial score (nSPS) is 17.9. The van der Waals surface area contributed by atoms with Crippen molar-refractivity contribution in [2.45, 2.75) is 32.7 Å². The van der Waals surface area contributed by atoms with E-state index in [0.717, 1.165) is 5.56 Å². The Labute approximate surface area is 166 Å². The molecule has 28 heavy (non-hydrogen) atoms. The molecule has 0 aromatic heterocycles. The number of carbonyl (C=O) groups excluding carboxylic acids is 2. The van der Waals surface area contributed by atoms with Crippen molar-refractivity contribution < 1.29 is 22.7 Å². The van der Waals surface area contributed by atoms with Crippen LogP contribution < -0.4 is 10.6 Å². The summed E-state index contributed by atoms with van der Waals surface area (Å²) in [4.78, 5) is 24.1. The molecule has 1 aromatic rings. The zero-order valence-electron chi connectivity index (χ0n) is 16.4. The summed E-state index contributed by atoms with van der Waals surface area (Å²) >= 11 is 0. The summed E-state index contributed by atoms with van der Waals surface area (Å²) in [5, 5.41) is 5.60. The number of hydrogen-bond donors (Lipinski definition) is 2. The SMILES string of the molecule is CCCS(=O)(=O)N1CCCC(C(=O)NCc2cccc(NC(=O)COC)c2)C1. The van der Waals surface area contributed by atoms with Gasteiger partial charge in [-0.15, -0.1) is 0 Å². The molecule has 156 valence electrons. The lowest BCUT2D eigenvalue weighted by Crippen LogP contribution is -2.45. The number of sulfonamides is 1. The molecular weight excluding hydrogens is 382 g/mol. The number of nitrogens with zero attached hydrogens (tertiary/aromatic N) is 1. The van der Waals surface area contributed by atoms with Crippen LogP contribution >= 0.6 is 0 Å². The first-order chi connectivity index (χ1) is 13.4. The first-order valence-electron chi connectivity index (χ1n) is 9.49. The Hall–Kier alpha value is -1.97. The second kappa shape index (κ2) is 10.5. The van der Waals surface area contributed by atoms with Crippen LogP contribution in [-0.4, -0.2) is 57.1 Å². The Morgan fingerprint density at radius 3 is 2.82 bits per heavy atom. The van der Waals surface area contributed by atoms with Gasteiger partial charge in [0.15, 0.2) is 0 Å². The van der Waals surface area contributed by atoms with Gasteiger partial charge in [-0.05, 0) is 37.0 Å². The molecule has 0 saturated carbocycles. The molecule has 8 nitrogen and oxygen atoms in total. The number of carbonyl (C=O) groups is 2. The van der Waals surface area contributed by atoms with Crippen molar-refractivity contribution in [3.8, 4) is 0 Å². The third kappa shape index (κ3) is 6.57. The van der Waals surface area contributed by atoms with Gasteiger partial charge in [0.25, 0.3) is 0 Å². The molecule has 1 aromatic carbocycles. The number of piperidine rings is 1. The second-order valence-electron chi connectivity index (χ2n) is 6.91. The molecule has 0 radical (unpaired) electrons. The fourth-order valence-corrected chi connectivity index (χ4v) is 4.81. The van der Waals surface area contributed by atoms with E-state index < -0.39 is 10.0 Å². The van der Waals surface area contributed by atoms with E-state index in [2.05, 4.69) is 10.6 Å². The Bertz CT molecular complexity index is 782. The molecular formula is C19H29N3O5S. The van der Waals surface area contributed by atoms with Crippen LogP contribution in [0.4, 0.5) is 5.69 Å². The highest BCUT2D eigenvalue weighted by Gasteiger charge is 2.31. The average Bonchev–Trinajstić information content (AvgIpc) is 2.66. The van der Waals surface area contributed by atoms with E-state index in [0.29, 0.717) is 38.0 Å². The van der Waals surface area contributed by atoms with Crippen molar-refractivity contribution in [3.63, 3.8) is 0 Å². The summed E-state index contributed by atoms with van der Waals surface area (Å²) < 4.78 is 30.7. The fraction of sp³-hybridized carbons (Fsp3) is 0.579. The van der Waals surface area contributed by atoms with Gasteiger partial charge in [-0.3, -0.25) is 9.59 Å². The molecule has 2 rings (SSSR count). The Morgan fingerprint density at radius 1 is 1.32 bits per heavy atom. The van der Waals surface area contributed by atoms with Gasteiger partial charge in [-0.2, -0.15) is 0 Å². The summed E-state index contributed by atoms with van der Waals surface area (Å²) in [6, 6.07) is 7.19. The summed E-state index contributed by atoms with van der Waals surface area (Å²) in [6.07, 6.45) is 1.92. The van der Waals surface area contributed by atoms with E-state index in [1.54, 1.807) is 18.2 Å². The topological polar surface area (TPSA) is 105 Å². The molecule has 1 unspecified atom stereocenters. The van der Waals surface area contributed by atoms with Gasteiger partial charge in [-0.1, -0.05) is 19.1 Å². The summed E-state index contributed by atoms with van der Waals surface area (Å²) in [6.45, 7) is 2.83. The number of ether oxygens (including phenoxy) is 1. The summed E-state index contributed by atoms with van der Waals surface area (Å²) in [7, 11) is -1.84. The molecule has 9 heteroatoms. The van der Waals surface area contributed by atoms with Gasteiger partial charge in [0.1, 0.15) is 6.61 Å². The standard InChI is InChI=1S/C19H29N3O5S/c1-3-10-28(25,26)22-9-5-7-16(13-22)19(24)20-12-15-6-4-8-17(11-15)21-18(23)14-27-2/h4,6,8,11,16H,3,5,7,9-10,12-14H2,1-2H3,(H,20,24)(H,21,23). The molecule has 2 N–H and O–H groups in total. The van der Waals surface area contributed by atoms with Crippen LogP contribution in [0.5, 0.6) is 0 Å². The van der Waals surface area contributed by atoms with Gasteiger partial charge < -0.3 is 15.4 Å². The van der Waals surface area contributed by atoms with Gasteiger partial charge in [0.2, 0.25) is 21.8 Å². The first-order valence-corrected chi connectivity index (χ1v) is 11.1. The van der Waals surface area contributed by atoms with Gasteiger partial charge >= 0.3 is 0 Å². The highest BCUT2D eigenvalue weighted by atomic mass is 32.2. The third-order valence-electron chi connectivity index (χ3n) is 4.56. The molecule has 1 heterocycles. The Balaban J connectivity index is 1.90. The van der Waals surface area contributed by atoms with Gasteiger partial charge in [0.05, 0.1) is 11.7 Å². The van der Waals surface area contributed by atoms with Crippen LogP contribution in [0.1, 0.15) is 31.7 Å². The predicted octanol–water partition coefficient (Wildman–Crippen LogP) is 1.34. The highest BCUT2D eigenvalue weighted by molar-refractivity contribution is 7.89. The smallest absolute Gasteiger partial charge is 0.250 e. The minimum absolute atomic E-state index is 0.0277. The van der Waals surface area contributed by atoms with E-state index in [9.17, 15) is 18.0 Å². The molecule has 0 aliphatic carbocycles. The first kappa shape index (κ1) is 22.3. The van der Waals surface area contributed by atoms with Crippen LogP contribution in [-0.2, 0) is 30.9 Å². The van der Waals surface area contributed by atoms with Crippen molar-refractivity contribution in [1.29, 1.82) is 0 Å². The number of amides is 2. The predicted molar refractivity (Wildman–Crippen MR) is 107 cm³/mol. The lowest BCUT2D eigenvalue weighted by Gasteiger charge is -2.31. The third-order valence-corrected chi connectivity index (χ3v) is 6.61. The number of rotatable bonds is 9. The lowest BCUT2D eigenvalue weighted by atomic mass is 9.98. The summed E-state index contributed by atoms with van der Waals surface area (Å²) in [5.74, 6) is -0.627. The van der Waals surface area contributed by atoms with E-state index in [-0.39, 0.29) is 36.6 Å². The van der Waals surface area contributed by atoms with E-state index >= 15 is 0 Å². The van der Waals surface area contributed by atoms with E-state index in [1.165, 1.54) is 11.4 Å². The maximum Gasteiger partial charge on any atom is 0.250 e. The fourth-order valence-electron chi connectivity index (χ4n) is 3.22.